The molecule has 0 unspecified atom stereocenters. The zero-order valence-electron chi connectivity index (χ0n) is 10.6. The van der Waals surface area contributed by atoms with Gasteiger partial charge < -0.3 is 14.7 Å². The van der Waals surface area contributed by atoms with E-state index in [1.807, 2.05) is 0 Å². The van der Waals surface area contributed by atoms with E-state index in [-0.39, 0.29) is 6.54 Å². The van der Waals surface area contributed by atoms with Crippen molar-refractivity contribution in [3.8, 4) is 0 Å². The molecule has 0 atom stereocenters. The van der Waals surface area contributed by atoms with Crippen LogP contribution in [-0.2, 0) is 24.3 Å². The van der Waals surface area contributed by atoms with E-state index in [1.165, 1.54) is 0 Å². The topological polar surface area (TPSA) is 104 Å². The Morgan fingerprint density at radius 2 is 1.78 bits per heavy atom. The van der Waals surface area contributed by atoms with Crippen LogP contribution in [0, 0.1) is 0 Å². The summed E-state index contributed by atoms with van der Waals surface area (Å²) in [7, 11) is 0.552. The largest absolute Gasteiger partial charge is 0.480 e. The number of nitrogens with zero attached hydrogens (tertiary/aromatic N) is 2. The maximum absolute atomic E-state index is 11.8. The zero-order chi connectivity index (χ0) is 14.3. The number of esters is 1. The van der Waals surface area contributed by atoms with E-state index < -0.39 is 34.3 Å². The van der Waals surface area contributed by atoms with Crippen molar-refractivity contribution in [3.63, 3.8) is 0 Å². The molecule has 18 heavy (non-hydrogen) atoms. The summed E-state index contributed by atoms with van der Waals surface area (Å²) in [5, 5.41) is 8.67. The second-order valence-electron chi connectivity index (χ2n) is 3.86. The lowest BCUT2D eigenvalue weighted by Gasteiger charge is -2.21. The summed E-state index contributed by atoms with van der Waals surface area (Å²) in [5.74, 6) is -3.05. The van der Waals surface area contributed by atoms with E-state index in [0.717, 1.165) is 11.4 Å². The molecule has 0 fully saturated rings. The van der Waals surface area contributed by atoms with E-state index in [2.05, 4.69) is 4.74 Å². The predicted octanol–water partition coefficient (Wildman–Crippen LogP) is -1.56. The molecule has 0 bridgehead atoms. The Morgan fingerprint density at radius 3 is 2.17 bits per heavy atom. The molecule has 9 heteroatoms. The molecule has 0 saturated heterocycles. The Morgan fingerprint density at radius 1 is 1.22 bits per heavy atom. The lowest BCUT2D eigenvalue weighted by atomic mass is 10.5. The first-order valence-corrected chi connectivity index (χ1v) is 6.71. The molecule has 1 N–H and O–H groups in total. The Kier molecular flexibility index (Phi) is 6.81. The summed E-state index contributed by atoms with van der Waals surface area (Å²) in [6.45, 7) is -0.320. The van der Waals surface area contributed by atoms with Crippen LogP contribution in [0.15, 0.2) is 0 Å². The fourth-order valence-electron chi connectivity index (χ4n) is 1.08. The van der Waals surface area contributed by atoms with Gasteiger partial charge >= 0.3 is 11.9 Å². The Labute approximate surface area is 106 Å². The fraction of sp³-hybridized carbons (Fsp3) is 0.778. The third-order valence-corrected chi connectivity index (χ3v) is 3.73. The number of hydrogen-bond acceptors (Lipinski definition) is 6. The number of sulfonamides is 1. The molecule has 0 aromatic heterocycles. The van der Waals surface area contributed by atoms with Crippen molar-refractivity contribution in [1.82, 2.24) is 9.21 Å². The SMILES string of the molecule is COC(=O)CS(=O)(=O)N(CCN(C)C)CC(=O)O. The second kappa shape index (κ2) is 7.29. The van der Waals surface area contributed by atoms with E-state index in [9.17, 15) is 18.0 Å². The van der Waals surface area contributed by atoms with Crippen molar-refractivity contribution in [2.75, 3.05) is 46.6 Å². The molecule has 106 valence electrons. The smallest absolute Gasteiger partial charge is 0.322 e. The Hall–Kier alpha value is -1.19. The summed E-state index contributed by atoms with van der Waals surface area (Å²) in [6.07, 6.45) is 0. The quantitative estimate of drug-likeness (QED) is 0.537. The first-order valence-electron chi connectivity index (χ1n) is 5.10. The van der Waals surface area contributed by atoms with Crippen molar-refractivity contribution >= 4 is 22.0 Å². The molecule has 0 aliphatic rings. The summed E-state index contributed by atoms with van der Waals surface area (Å²) in [5.41, 5.74) is 0. The third kappa shape index (κ3) is 6.52. The number of aliphatic carboxylic acids is 1. The number of carbonyl (C=O) groups excluding carboxylic acids is 1. The molecule has 0 aliphatic heterocycles. The molecule has 0 aliphatic carbocycles. The van der Waals surface area contributed by atoms with Crippen LogP contribution in [0.2, 0.25) is 0 Å². The van der Waals surface area contributed by atoms with E-state index in [1.54, 1.807) is 19.0 Å². The van der Waals surface area contributed by atoms with Gasteiger partial charge in [-0.25, -0.2) is 8.42 Å². The van der Waals surface area contributed by atoms with Gasteiger partial charge in [0.1, 0.15) is 6.54 Å². The first kappa shape index (κ1) is 16.8. The van der Waals surface area contributed by atoms with E-state index in [0.29, 0.717) is 6.54 Å². The maximum Gasteiger partial charge on any atom is 0.322 e. The number of carboxylic acids is 1. The van der Waals surface area contributed by atoms with E-state index in [4.69, 9.17) is 5.11 Å². The zero-order valence-corrected chi connectivity index (χ0v) is 11.4. The number of rotatable bonds is 8. The highest BCUT2D eigenvalue weighted by Crippen LogP contribution is 2.02. The minimum Gasteiger partial charge on any atom is -0.480 e. The minimum atomic E-state index is -3.97. The van der Waals surface area contributed by atoms with Gasteiger partial charge in [-0.15, -0.1) is 0 Å². The van der Waals surface area contributed by atoms with Crippen molar-refractivity contribution in [2.45, 2.75) is 0 Å². The highest BCUT2D eigenvalue weighted by Gasteiger charge is 2.27. The van der Waals surface area contributed by atoms with Crippen molar-refractivity contribution in [3.05, 3.63) is 0 Å². The van der Waals surface area contributed by atoms with E-state index >= 15 is 0 Å². The van der Waals surface area contributed by atoms with Crippen LogP contribution in [0.4, 0.5) is 0 Å². The number of hydrogen-bond donors (Lipinski definition) is 1. The van der Waals surface area contributed by atoms with Gasteiger partial charge in [0.05, 0.1) is 7.11 Å². The average Bonchev–Trinajstić information content (AvgIpc) is 2.22. The number of methoxy groups -OCH3 is 1. The molecule has 0 spiro atoms. The molecule has 0 rings (SSSR count). The first-order chi connectivity index (χ1) is 8.19. The molecule has 0 aromatic carbocycles. The highest BCUT2D eigenvalue weighted by molar-refractivity contribution is 7.89. The minimum absolute atomic E-state index is 0.00136. The standard InChI is InChI=1S/C9H18N2O6S/c1-10(2)4-5-11(6-8(12)13)18(15,16)7-9(14)17-3/h4-7H2,1-3H3,(H,12,13). The molecular formula is C9H18N2O6S. The summed E-state index contributed by atoms with van der Waals surface area (Å²) < 4.78 is 28.6. The number of carbonyl (C=O) groups is 2. The monoisotopic (exact) mass is 282 g/mol. The van der Waals surface area contributed by atoms with Gasteiger partial charge in [0.25, 0.3) is 0 Å². The molecule has 0 saturated carbocycles. The van der Waals surface area contributed by atoms with Crippen LogP contribution in [0.25, 0.3) is 0 Å². The Bertz CT molecular complexity index is 392. The van der Waals surface area contributed by atoms with Gasteiger partial charge in [-0.1, -0.05) is 0 Å². The van der Waals surface area contributed by atoms with Crippen LogP contribution in [0.1, 0.15) is 0 Å². The summed E-state index contributed by atoms with van der Waals surface area (Å²) >= 11 is 0. The van der Waals surface area contributed by atoms with Crippen molar-refractivity contribution in [1.29, 1.82) is 0 Å². The third-order valence-electron chi connectivity index (χ3n) is 2.03. The number of carboxylic acid groups (broad SMARTS) is 1. The molecule has 8 nitrogen and oxygen atoms in total. The predicted molar refractivity (Wildman–Crippen MR) is 63.6 cm³/mol. The van der Waals surface area contributed by atoms with Gasteiger partial charge in [0.15, 0.2) is 5.75 Å². The molecular weight excluding hydrogens is 264 g/mol. The lowest BCUT2D eigenvalue weighted by molar-refractivity contribution is -0.139. The maximum atomic E-state index is 11.8. The Balaban J connectivity index is 4.81. The molecule has 0 heterocycles. The lowest BCUT2D eigenvalue weighted by Crippen LogP contribution is -2.42. The number of ether oxygens (including phenoxy) is 1. The van der Waals surface area contributed by atoms with Crippen LogP contribution < -0.4 is 0 Å². The van der Waals surface area contributed by atoms with Crippen molar-refractivity contribution < 1.29 is 27.9 Å². The molecule has 0 aromatic rings. The van der Waals surface area contributed by atoms with Gasteiger partial charge in [0, 0.05) is 13.1 Å². The van der Waals surface area contributed by atoms with Gasteiger partial charge in [-0.3, -0.25) is 9.59 Å². The normalized spacial score (nSPS) is 11.8. The van der Waals surface area contributed by atoms with Gasteiger partial charge in [-0.05, 0) is 14.1 Å². The molecule has 0 radical (unpaired) electrons. The highest BCUT2D eigenvalue weighted by atomic mass is 32.2. The fourth-order valence-corrected chi connectivity index (χ4v) is 2.34. The van der Waals surface area contributed by atoms with Crippen LogP contribution >= 0.6 is 0 Å². The second-order valence-corrected chi connectivity index (χ2v) is 5.83. The average molecular weight is 282 g/mol. The van der Waals surface area contributed by atoms with Crippen LogP contribution in [-0.4, -0.2) is 81.3 Å². The van der Waals surface area contributed by atoms with Crippen molar-refractivity contribution in [2.24, 2.45) is 0 Å². The molecule has 0 amide bonds. The summed E-state index contributed by atoms with van der Waals surface area (Å²) in [6, 6.07) is 0. The summed E-state index contributed by atoms with van der Waals surface area (Å²) in [4.78, 5) is 23.3. The number of likely N-dealkylation sites (N-methyl/N-ethyl adjacent to an activating group) is 1. The van der Waals surface area contributed by atoms with Gasteiger partial charge in [0.2, 0.25) is 10.0 Å². The van der Waals surface area contributed by atoms with Crippen LogP contribution in [0.5, 0.6) is 0 Å². The van der Waals surface area contributed by atoms with Gasteiger partial charge in [-0.2, -0.15) is 4.31 Å². The van der Waals surface area contributed by atoms with Crippen LogP contribution in [0.3, 0.4) is 0 Å².